The van der Waals surface area contributed by atoms with Crippen LogP contribution in [-0.4, -0.2) is 11.6 Å². The van der Waals surface area contributed by atoms with Gasteiger partial charge in [0.15, 0.2) is 0 Å². The van der Waals surface area contributed by atoms with Gasteiger partial charge in [-0.15, -0.1) is 0 Å². The molecule has 2 nitrogen and oxygen atoms in total. The van der Waals surface area contributed by atoms with E-state index in [4.69, 9.17) is 0 Å². The molecule has 0 aromatic heterocycles. The molecule has 5 fully saturated rings. The Kier molecular flexibility index (Phi) is 1.23. The van der Waals surface area contributed by atoms with Gasteiger partial charge in [-0.2, -0.15) is 0 Å². The molecular weight excluding hydrogens is 212 g/mol. The van der Waals surface area contributed by atoms with Gasteiger partial charge < -0.3 is 0 Å². The Hall–Kier alpha value is -0.920. The molecule has 17 heavy (non-hydrogen) atoms. The highest BCUT2D eigenvalue weighted by Gasteiger charge is 2.81. The number of hydrogen-bond acceptors (Lipinski definition) is 2. The summed E-state index contributed by atoms with van der Waals surface area (Å²) in [5.74, 6) is 4.20. The Bertz CT molecular complexity index is 485. The average Bonchev–Trinajstić information content (AvgIpc) is 2.83. The number of carbonyl (C=O) groups is 2. The molecule has 0 heterocycles. The van der Waals surface area contributed by atoms with E-state index in [1.807, 2.05) is 0 Å². The first kappa shape index (κ1) is 9.07. The summed E-state index contributed by atoms with van der Waals surface area (Å²) in [5.41, 5.74) is 2.50. The number of carbonyl (C=O) groups excluding carboxylic acids is 2. The fourth-order valence-corrected chi connectivity index (χ4v) is 6.42. The first-order valence-electron chi connectivity index (χ1n) is 6.87. The highest BCUT2D eigenvalue weighted by molar-refractivity contribution is 6.01. The monoisotopic (exact) mass is 228 g/mol. The SMILES string of the molecule is CC(C)=C1[C@@H]2C(=O)[C@@H]3C[C@@H]4C(=O)[C@@H]1[C@H]1[C@@H]2[C@@H]3[C@@H]14. The molecule has 88 valence electrons. The summed E-state index contributed by atoms with van der Waals surface area (Å²) in [6.45, 7) is 4.18. The molecule has 0 aromatic carbocycles. The maximum atomic E-state index is 12.5. The third-order valence-electron chi connectivity index (χ3n) is 6.58. The molecule has 0 saturated heterocycles. The zero-order chi connectivity index (χ0) is 11.6. The second kappa shape index (κ2) is 2.30. The lowest BCUT2D eigenvalue weighted by Crippen LogP contribution is -2.41. The van der Waals surface area contributed by atoms with Gasteiger partial charge in [-0.1, -0.05) is 5.57 Å². The van der Waals surface area contributed by atoms with E-state index >= 15 is 0 Å². The summed E-state index contributed by atoms with van der Waals surface area (Å²) in [6, 6.07) is 0. The van der Waals surface area contributed by atoms with Gasteiger partial charge in [0.25, 0.3) is 0 Å². The molecule has 2 heteroatoms. The number of allylic oxidation sites excluding steroid dienone is 2. The molecule has 0 amide bonds. The number of hydrogen-bond donors (Lipinski definition) is 0. The van der Waals surface area contributed by atoms with Gasteiger partial charge in [-0.05, 0) is 49.5 Å². The standard InChI is InChI=1S/C15H16O2/c1-4(2)7-12-10-8-5(14(12)16)3-6-9(8)11(10)13(7)15(6)17/h5-6,8-13H,3H2,1-2H3/t5-,6+,8-,9-,10+,11-,12-,13-/m0/s1. The summed E-state index contributed by atoms with van der Waals surface area (Å²) in [5, 5.41) is 0. The summed E-state index contributed by atoms with van der Waals surface area (Å²) in [7, 11) is 0. The van der Waals surface area contributed by atoms with E-state index in [9.17, 15) is 9.59 Å². The van der Waals surface area contributed by atoms with E-state index in [1.165, 1.54) is 11.1 Å². The van der Waals surface area contributed by atoms with Crippen LogP contribution in [0.25, 0.3) is 0 Å². The summed E-state index contributed by atoms with van der Waals surface area (Å²) in [4.78, 5) is 25.0. The third kappa shape index (κ3) is 0.648. The van der Waals surface area contributed by atoms with Gasteiger partial charge in [0.05, 0.1) is 0 Å². The van der Waals surface area contributed by atoms with Crippen LogP contribution >= 0.6 is 0 Å². The highest BCUT2D eigenvalue weighted by atomic mass is 16.1. The van der Waals surface area contributed by atoms with Crippen molar-refractivity contribution in [3.05, 3.63) is 11.1 Å². The Labute approximate surface area is 100 Å². The van der Waals surface area contributed by atoms with E-state index < -0.39 is 0 Å². The highest BCUT2D eigenvalue weighted by Crippen LogP contribution is 2.79. The fourth-order valence-electron chi connectivity index (χ4n) is 6.42. The van der Waals surface area contributed by atoms with Crippen LogP contribution in [0.5, 0.6) is 0 Å². The van der Waals surface area contributed by atoms with Crippen molar-refractivity contribution < 1.29 is 9.59 Å². The van der Waals surface area contributed by atoms with Crippen molar-refractivity contribution >= 4 is 11.6 Å². The molecule has 8 atom stereocenters. The second-order valence-electron chi connectivity index (χ2n) is 6.97. The van der Waals surface area contributed by atoms with Gasteiger partial charge in [-0.3, -0.25) is 9.59 Å². The Balaban J connectivity index is 1.84. The maximum Gasteiger partial charge on any atom is 0.143 e. The molecule has 0 radical (unpaired) electrons. The van der Waals surface area contributed by atoms with Gasteiger partial charge >= 0.3 is 0 Å². The maximum absolute atomic E-state index is 12.5. The topological polar surface area (TPSA) is 34.1 Å². The number of Topliss-reactive ketones (excluding diaryl/α,β-unsaturated/α-hetero) is 2. The lowest BCUT2D eigenvalue weighted by molar-refractivity contribution is -0.126. The van der Waals surface area contributed by atoms with Crippen molar-refractivity contribution in [2.24, 2.45) is 47.3 Å². The summed E-state index contributed by atoms with van der Waals surface area (Å²) >= 11 is 0. The Morgan fingerprint density at radius 2 is 1.35 bits per heavy atom. The minimum absolute atomic E-state index is 0.159. The van der Waals surface area contributed by atoms with Crippen LogP contribution in [0.2, 0.25) is 0 Å². The predicted molar refractivity (Wildman–Crippen MR) is 60.9 cm³/mol. The molecule has 0 bridgehead atoms. The lowest BCUT2D eigenvalue weighted by Gasteiger charge is -2.43. The van der Waals surface area contributed by atoms with Gasteiger partial charge in [0.2, 0.25) is 0 Å². The number of rotatable bonds is 0. The van der Waals surface area contributed by atoms with E-state index in [-0.39, 0.29) is 23.7 Å². The van der Waals surface area contributed by atoms with Crippen molar-refractivity contribution in [3.63, 3.8) is 0 Å². The average molecular weight is 228 g/mol. The summed E-state index contributed by atoms with van der Waals surface area (Å²) < 4.78 is 0. The smallest absolute Gasteiger partial charge is 0.143 e. The van der Waals surface area contributed by atoms with E-state index in [0.717, 1.165) is 6.42 Å². The van der Waals surface area contributed by atoms with E-state index in [2.05, 4.69) is 13.8 Å². The van der Waals surface area contributed by atoms with Crippen molar-refractivity contribution in [2.45, 2.75) is 20.3 Å². The molecule has 5 saturated carbocycles. The molecule has 5 aliphatic rings. The van der Waals surface area contributed by atoms with Crippen molar-refractivity contribution in [2.75, 3.05) is 0 Å². The zero-order valence-electron chi connectivity index (χ0n) is 10.1. The van der Waals surface area contributed by atoms with E-state index in [1.54, 1.807) is 0 Å². The fraction of sp³-hybridized carbons (Fsp3) is 0.733. The van der Waals surface area contributed by atoms with Crippen molar-refractivity contribution in [1.82, 2.24) is 0 Å². The van der Waals surface area contributed by atoms with Gasteiger partial charge in [0.1, 0.15) is 11.6 Å². The zero-order valence-corrected chi connectivity index (χ0v) is 10.1. The largest absolute Gasteiger partial charge is 0.299 e. The van der Waals surface area contributed by atoms with Gasteiger partial charge in [0, 0.05) is 23.7 Å². The number of ketones is 2. The molecule has 0 aliphatic heterocycles. The third-order valence-corrected chi connectivity index (χ3v) is 6.58. The molecule has 0 N–H and O–H groups in total. The minimum Gasteiger partial charge on any atom is -0.299 e. The second-order valence-corrected chi connectivity index (χ2v) is 6.97. The molecular formula is C15H16O2. The van der Waals surface area contributed by atoms with Crippen LogP contribution < -0.4 is 0 Å². The van der Waals surface area contributed by atoms with Crippen LogP contribution in [0, 0.1) is 47.3 Å². The summed E-state index contributed by atoms with van der Waals surface area (Å²) in [6.07, 6.45) is 0.906. The van der Waals surface area contributed by atoms with Crippen LogP contribution in [0.3, 0.4) is 0 Å². The van der Waals surface area contributed by atoms with E-state index in [0.29, 0.717) is 35.2 Å². The first-order valence-corrected chi connectivity index (χ1v) is 6.87. The van der Waals surface area contributed by atoms with Crippen molar-refractivity contribution in [1.29, 1.82) is 0 Å². The van der Waals surface area contributed by atoms with Gasteiger partial charge in [-0.25, -0.2) is 0 Å². The van der Waals surface area contributed by atoms with Crippen LogP contribution in [0.4, 0.5) is 0 Å². The first-order chi connectivity index (χ1) is 8.13. The molecule has 0 spiro atoms. The molecule has 5 aliphatic carbocycles. The quantitative estimate of drug-likeness (QED) is 0.593. The Morgan fingerprint density at radius 1 is 0.882 bits per heavy atom. The Morgan fingerprint density at radius 3 is 1.76 bits per heavy atom. The van der Waals surface area contributed by atoms with Crippen molar-refractivity contribution in [3.8, 4) is 0 Å². The normalized spacial score (nSPS) is 60.2. The van der Waals surface area contributed by atoms with Crippen LogP contribution in [-0.2, 0) is 9.59 Å². The van der Waals surface area contributed by atoms with Crippen LogP contribution in [0.15, 0.2) is 11.1 Å². The molecule has 5 rings (SSSR count). The molecule has 0 aromatic rings. The molecule has 0 unspecified atom stereocenters. The minimum atomic E-state index is 0.159. The van der Waals surface area contributed by atoms with Crippen LogP contribution in [0.1, 0.15) is 20.3 Å². The lowest BCUT2D eigenvalue weighted by atomic mass is 9.60. The predicted octanol–water partition coefficient (Wildman–Crippen LogP) is 1.85.